The fourth-order valence-electron chi connectivity index (χ4n) is 1.84. The van der Waals surface area contributed by atoms with E-state index in [0.29, 0.717) is 17.8 Å². The molecule has 0 unspecified atom stereocenters. The van der Waals surface area contributed by atoms with Crippen LogP contribution in [0, 0.1) is 0 Å². The van der Waals surface area contributed by atoms with Gasteiger partial charge in [0.25, 0.3) is 0 Å². The molecule has 2 rings (SSSR count). The summed E-state index contributed by atoms with van der Waals surface area (Å²) in [4.78, 5) is -0.768. The Labute approximate surface area is 125 Å². The average Bonchev–Trinajstić information content (AvgIpc) is 2.85. The van der Waals surface area contributed by atoms with Crippen molar-refractivity contribution in [2.24, 2.45) is 0 Å². The molecule has 114 valence electrons. The molecule has 0 radical (unpaired) electrons. The van der Waals surface area contributed by atoms with Gasteiger partial charge < -0.3 is 0 Å². The van der Waals surface area contributed by atoms with Gasteiger partial charge in [0.2, 0.25) is 0 Å². The molecule has 2 aromatic rings. The van der Waals surface area contributed by atoms with E-state index in [1.807, 2.05) is 30.3 Å². The van der Waals surface area contributed by atoms with Crippen LogP contribution in [0.5, 0.6) is 0 Å². The van der Waals surface area contributed by atoms with Gasteiger partial charge in [0, 0.05) is 0 Å². The first-order chi connectivity index (χ1) is 9.76. The molecule has 0 bridgehead atoms. The summed E-state index contributed by atoms with van der Waals surface area (Å²) >= 11 is 0.522. The van der Waals surface area contributed by atoms with Crippen LogP contribution in [0.15, 0.2) is 41.8 Å². The van der Waals surface area contributed by atoms with Gasteiger partial charge in [-0.2, -0.15) is 13.2 Å². The summed E-state index contributed by atoms with van der Waals surface area (Å²) in [5.74, 6) is -0.430. The summed E-state index contributed by atoms with van der Waals surface area (Å²) < 4.78 is 61.3. The van der Waals surface area contributed by atoms with Gasteiger partial charge in [-0.05, 0) is 29.0 Å². The molecular weight excluding hydrogens is 321 g/mol. The Balaban J connectivity index is 1.99. The SMILES string of the molecule is O=S(=O)(CCc1ccccc1)Cc1csc(C(F)(F)F)c1. The Hall–Kier alpha value is -1.34. The normalized spacial score (nSPS) is 12.5. The smallest absolute Gasteiger partial charge is 0.228 e. The van der Waals surface area contributed by atoms with Crippen molar-refractivity contribution >= 4 is 21.2 Å². The highest BCUT2D eigenvalue weighted by Crippen LogP contribution is 2.34. The number of hydrogen-bond acceptors (Lipinski definition) is 3. The summed E-state index contributed by atoms with van der Waals surface area (Å²) in [5, 5.41) is 1.25. The summed E-state index contributed by atoms with van der Waals surface area (Å²) in [5.41, 5.74) is 1.09. The quantitative estimate of drug-likeness (QED) is 0.830. The second-order valence-electron chi connectivity index (χ2n) is 4.64. The highest BCUT2D eigenvalue weighted by Gasteiger charge is 2.32. The lowest BCUT2D eigenvalue weighted by atomic mass is 10.2. The molecule has 0 aliphatic rings. The third kappa shape index (κ3) is 4.86. The maximum atomic E-state index is 12.5. The molecule has 0 N–H and O–H groups in total. The highest BCUT2D eigenvalue weighted by atomic mass is 32.2. The molecule has 21 heavy (non-hydrogen) atoms. The van der Waals surface area contributed by atoms with Gasteiger partial charge in [-0.3, -0.25) is 0 Å². The zero-order valence-corrected chi connectivity index (χ0v) is 12.6. The Morgan fingerprint density at radius 2 is 1.71 bits per heavy atom. The lowest BCUT2D eigenvalue weighted by molar-refractivity contribution is -0.134. The first kappa shape index (κ1) is 16.0. The molecule has 0 aliphatic carbocycles. The molecule has 1 aromatic heterocycles. The zero-order valence-electron chi connectivity index (χ0n) is 10.9. The second kappa shape index (κ2) is 6.19. The van der Waals surface area contributed by atoms with E-state index in [0.717, 1.165) is 11.6 Å². The van der Waals surface area contributed by atoms with Gasteiger partial charge in [-0.25, -0.2) is 8.42 Å². The maximum absolute atomic E-state index is 12.5. The fourth-order valence-corrected chi connectivity index (χ4v) is 4.10. The largest absolute Gasteiger partial charge is 0.425 e. The summed E-state index contributed by atoms with van der Waals surface area (Å²) in [6.07, 6.45) is -4.06. The number of thiophene rings is 1. The van der Waals surface area contributed by atoms with E-state index in [9.17, 15) is 21.6 Å². The summed E-state index contributed by atoms with van der Waals surface area (Å²) in [6.45, 7) is 0. The molecule has 1 heterocycles. The lowest BCUT2D eigenvalue weighted by Gasteiger charge is -2.04. The lowest BCUT2D eigenvalue weighted by Crippen LogP contribution is -2.11. The van der Waals surface area contributed by atoms with Gasteiger partial charge in [0.15, 0.2) is 9.84 Å². The van der Waals surface area contributed by atoms with Crippen LogP contribution in [0.25, 0.3) is 0 Å². The molecule has 0 spiro atoms. The van der Waals surface area contributed by atoms with Crippen molar-refractivity contribution in [2.75, 3.05) is 5.75 Å². The number of aryl methyl sites for hydroxylation is 1. The van der Waals surface area contributed by atoms with Gasteiger partial charge in [-0.15, -0.1) is 11.3 Å². The van der Waals surface area contributed by atoms with E-state index in [2.05, 4.69) is 0 Å². The second-order valence-corrected chi connectivity index (χ2v) is 7.74. The van der Waals surface area contributed by atoms with Crippen LogP contribution in [0.1, 0.15) is 16.0 Å². The molecule has 0 saturated carbocycles. The Morgan fingerprint density at radius 1 is 1.05 bits per heavy atom. The standard InChI is InChI=1S/C14H13F3O2S2/c15-14(16,17)13-8-12(9-20-13)10-21(18,19)7-6-11-4-2-1-3-5-11/h1-5,8-9H,6-7,10H2. The van der Waals surface area contributed by atoms with Crippen molar-refractivity contribution < 1.29 is 21.6 Å². The minimum absolute atomic E-state index is 0.0752. The van der Waals surface area contributed by atoms with Crippen molar-refractivity contribution in [1.82, 2.24) is 0 Å². The molecule has 0 amide bonds. The maximum Gasteiger partial charge on any atom is 0.425 e. The first-order valence-electron chi connectivity index (χ1n) is 6.15. The zero-order chi connectivity index (χ0) is 15.5. The number of alkyl halides is 3. The Kier molecular flexibility index (Phi) is 4.73. The number of halogens is 3. The van der Waals surface area contributed by atoms with E-state index in [1.165, 1.54) is 5.38 Å². The van der Waals surface area contributed by atoms with E-state index in [4.69, 9.17) is 0 Å². The highest BCUT2D eigenvalue weighted by molar-refractivity contribution is 7.90. The topological polar surface area (TPSA) is 34.1 Å². The predicted octanol–water partition coefficient (Wildman–Crippen LogP) is 3.92. The van der Waals surface area contributed by atoms with E-state index < -0.39 is 20.9 Å². The van der Waals surface area contributed by atoms with Gasteiger partial charge in [0.1, 0.15) is 4.88 Å². The molecule has 2 nitrogen and oxygen atoms in total. The molecule has 0 saturated heterocycles. The number of benzene rings is 1. The third-order valence-corrected chi connectivity index (χ3v) is 5.49. The minimum atomic E-state index is -4.42. The number of rotatable bonds is 5. The molecular formula is C14H13F3O2S2. The van der Waals surface area contributed by atoms with E-state index >= 15 is 0 Å². The van der Waals surface area contributed by atoms with Gasteiger partial charge in [-0.1, -0.05) is 30.3 Å². The van der Waals surface area contributed by atoms with Crippen LogP contribution in [0.4, 0.5) is 13.2 Å². The number of hydrogen-bond donors (Lipinski definition) is 0. The van der Waals surface area contributed by atoms with Crippen molar-refractivity contribution in [1.29, 1.82) is 0 Å². The van der Waals surface area contributed by atoms with Crippen LogP contribution < -0.4 is 0 Å². The van der Waals surface area contributed by atoms with Gasteiger partial charge >= 0.3 is 6.18 Å². The van der Waals surface area contributed by atoms with Gasteiger partial charge in [0.05, 0.1) is 11.5 Å². The monoisotopic (exact) mass is 334 g/mol. The van der Waals surface area contributed by atoms with Crippen LogP contribution in [0.3, 0.4) is 0 Å². The average molecular weight is 334 g/mol. The van der Waals surface area contributed by atoms with Crippen molar-refractivity contribution in [3.8, 4) is 0 Å². The molecule has 1 aromatic carbocycles. The predicted molar refractivity (Wildman–Crippen MR) is 77.0 cm³/mol. The van der Waals surface area contributed by atoms with Crippen molar-refractivity contribution in [3.05, 3.63) is 57.8 Å². The van der Waals surface area contributed by atoms with Crippen molar-refractivity contribution in [3.63, 3.8) is 0 Å². The third-order valence-electron chi connectivity index (χ3n) is 2.86. The fraction of sp³-hybridized carbons (Fsp3) is 0.286. The van der Waals surface area contributed by atoms with E-state index in [-0.39, 0.29) is 17.1 Å². The summed E-state index contributed by atoms with van der Waals surface area (Å²) in [6, 6.07) is 10.0. The molecule has 0 aliphatic heterocycles. The van der Waals surface area contributed by atoms with E-state index in [1.54, 1.807) is 0 Å². The molecule has 7 heteroatoms. The Morgan fingerprint density at radius 3 is 2.29 bits per heavy atom. The van der Waals surface area contributed by atoms with Crippen LogP contribution in [-0.2, 0) is 28.2 Å². The minimum Gasteiger partial charge on any atom is -0.228 e. The van der Waals surface area contributed by atoms with Crippen LogP contribution in [0.2, 0.25) is 0 Å². The summed E-state index contributed by atoms with van der Waals surface area (Å²) in [7, 11) is -3.43. The van der Waals surface area contributed by atoms with Crippen LogP contribution >= 0.6 is 11.3 Å². The molecule has 0 atom stereocenters. The molecule has 0 fully saturated rings. The van der Waals surface area contributed by atoms with Crippen LogP contribution in [-0.4, -0.2) is 14.2 Å². The first-order valence-corrected chi connectivity index (χ1v) is 8.85. The number of sulfone groups is 1. The van der Waals surface area contributed by atoms with Crippen molar-refractivity contribution in [2.45, 2.75) is 18.3 Å². The Bertz CT molecular complexity index is 689.